The summed E-state index contributed by atoms with van der Waals surface area (Å²) < 4.78 is 24.1. The molecule has 0 saturated carbocycles. The molecule has 0 amide bonds. The molecule has 0 atom stereocenters. The first-order valence-electron chi connectivity index (χ1n) is 6.45. The predicted octanol–water partition coefficient (Wildman–Crippen LogP) is 2.08. The molecule has 1 aliphatic carbocycles. The van der Waals surface area contributed by atoms with E-state index in [1.165, 1.54) is 17.5 Å². The molecule has 0 fully saturated rings. The van der Waals surface area contributed by atoms with Crippen LogP contribution in [0.4, 0.5) is 0 Å². The van der Waals surface area contributed by atoms with Crippen LogP contribution >= 0.6 is 0 Å². The van der Waals surface area contributed by atoms with E-state index in [1.807, 2.05) is 12.1 Å². The topological polar surface area (TPSA) is 60.2 Å². The molecule has 3 nitrogen and oxygen atoms in total. The molecular weight excluding hydrogens is 246 g/mol. The second-order valence-electron chi connectivity index (χ2n) is 5.60. The number of sulfone groups is 1. The smallest absolute Gasteiger partial charge is 0.184 e. The fourth-order valence-corrected chi connectivity index (χ4v) is 3.71. The highest BCUT2D eigenvalue weighted by atomic mass is 32.2. The van der Waals surface area contributed by atoms with Crippen LogP contribution in [0.25, 0.3) is 0 Å². The summed E-state index contributed by atoms with van der Waals surface area (Å²) in [4.78, 5) is 0.415. The summed E-state index contributed by atoms with van der Waals surface area (Å²) in [5.41, 5.74) is 8.08. The molecule has 1 aromatic rings. The number of nitrogens with two attached hydrogens (primary N) is 1. The van der Waals surface area contributed by atoms with Crippen molar-refractivity contribution < 1.29 is 8.42 Å². The van der Waals surface area contributed by atoms with Gasteiger partial charge in [-0.15, -0.1) is 0 Å². The maximum absolute atomic E-state index is 12.5. The molecule has 0 aliphatic heterocycles. The zero-order valence-electron chi connectivity index (χ0n) is 11.1. The van der Waals surface area contributed by atoms with Gasteiger partial charge in [0.25, 0.3) is 0 Å². The zero-order valence-corrected chi connectivity index (χ0v) is 11.9. The lowest BCUT2D eigenvalue weighted by molar-refractivity contribution is 0.548. The average Bonchev–Trinajstić information content (AvgIpc) is 2.37. The van der Waals surface area contributed by atoms with Gasteiger partial charge in [0.1, 0.15) is 0 Å². The molecule has 18 heavy (non-hydrogen) atoms. The van der Waals surface area contributed by atoms with E-state index in [4.69, 9.17) is 5.73 Å². The van der Waals surface area contributed by atoms with Crippen molar-refractivity contribution in [2.24, 2.45) is 5.73 Å². The van der Waals surface area contributed by atoms with Gasteiger partial charge in [-0.25, -0.2) is 8.42 Å². The Balaban J connectivity index is 2.46. The number of aryl methyl sites for hydroxylation is 2. The van der Waals surface area contributed by atoms with Crippen molar-refractivity contribution in [3.05, 3.63) is 29.3 Å². The van der Waals surface area contributed by atoms with E-state index in [0.717, 1.165) is 19.3 Å². The molecule has 2 N–H and O–H groups in total. The van der Waals surface area contributed by atoms with Gasteiger partial charge in [0.05, 0.1) is 9.64 Å². The van der Waals surface area contributed by atoms with Gasteiger partial charge in [-0.3, -0.25) is 0 Å². The molecule has 0 bridgehead atoms. The maximum atomic E-state index is 12.5. The number of benzene rings is 1. The van der Waals surface area contributed by atoms with Crippen molar-refractivity contribution in [2.45, 2.75) is 49.2 Å². The highest BCUT2D eigenvalue weighted by Gasteiger charge is 2.34. The van der Waals surface area contributed by atoms with Crippen molar-refractivity contribution in [2.75, 3.05) is 6.54 Å². The molecule has 100 valence electrons. The number of fused-ring (bicyclic) bond motifs is 1. The number of hydrogen-bond donors (Lipinski definition) is 1. The van der Waals surface area contributed by atoms with E-state index in [9.17, 15) is 8.42 Å². The minimum atomic E-state index is -3.35. The first-order valence-corrected chi connectivity index (χ1v) is 7.93. The van der Waals surface area contributed by atoms with Crippen LogP contribution in [-0.4, -0.2) is 19.7 Å². The first kappa shape index (κ1) is 13.6. The maximum Gasteiger partial charge on any atom is 0.184 e. The highest BCUT2D eigenvalue weighted by Crippen LogP contribution is 2.29. The highest BCUT2D eigenvalue weighted by molar-refractivity contribution is 7.92. The normalized spacial score (nSPS) is 16.4. The Labute approximate surface area is 109 Å². The van der Waals surface area contributed by atoms with E-state index < -0.39 is 14.6 Å². The molecule has 0 saturated heterocycles. The Hall–Kier alpha value is -0.870. The van der Waals surface area contributed by atoms with Crippen LogP contribution in [-0.2, 0) is 22.7 Å². The third kappa shape index (κ3) is 2.19. The lowest BCUT2D eigenvalue weighted by atomic mass is 9.92. The van der Waals surface area contributed by atoms with Gasteiger partial charge in [0.2, 0.25) is 0 Å². The van der Waals surface area contributed by atoms with Crippen molar-refractivity contribution in [1.29, 1.82) is 0 Å². The molecule has 0 radical (unpaired) electrons. The van der Waals surface area contributed by atoms with Crippen molar-refractivity contribution in [1.82, 2.24) is 0 Å². The minimum Gasteiger partial charge on any atom is -0.329 e. The van der Waals surface area contributed by atoms with Crippen LogP contribution in [0.1, 0.15) is 37.8 Å². The second kappa shape index (κ2) is 4.67. The largest absolute Gasteiger partial charge is 0.329 e. The van der Waals surface area contributed by atoms with Gasteiger partial charge in [0, 0.05) is 6.54 Å². The molecular formula is C14H21NO2S. The predicted molar refractivity (Wildman–Crippen MR) is 73.4 cm³/mol. The van der Waals surface area contributed by atoms with Gasteiger partial charge in [-0.1, -0.05) is 6.07 Å². The third-order valence-electron chi connectivity index (χ3n) is 3.85. The fourth-order valence-electron chi connectivity index (χ4n) is 2.31. The quantitative estimate of drug-likeness (QED) is 0.912. The molecule has 4 heteroatoms. The van der Waals surface area contributed by atoms with Gasteiger partial charge in [0.15, 0.2) is 9.84 Å². The summed E-state index contributed by atoms with van der Waals surface area (Å²) in [6.45, 7) is 3.50. The molecule has 2 rings (SSSR count). The van der Waals surface area contributed by atoms with Crippen LogP contribution in [0.15, 0.2) is 23.1 Å². The van der Waals surface area contributed by atoms with Crippen LogP contribution in [0, 0.1) is 0 Å². The second-order valence-corrected chi connectivity index (χ2v) is 8.19. The van der Waals surface area contributed by atoms with Crippen LogP contribution in [0.5, 0.6) is 0 Å². The Morgan fingerprint density at radius 3 is 2.39 bits per heavy atom. The van der Waals surface area contributed by atoms with Crippen LogP contribution < -0.4 is 5.73 Å². The minimum absolute atomic E-state index is 0.131. The van der Waals surface area contributed by atoms with Crippen LogP contribution in [0.2, 0.25) is 0 Å². The standard InChI is InChI=1S/C14H21NO2S/c1-14(2,10-15)18(16,17)13-8-7-11-5-3-4-6-12(11)9-13/h7-9H,3-6,10,15H2,1-2H3. The van der Waals surface area contributed by atoms with Crippen molar-refractivity contribution in [3.63, 3.8) is 0 Å². The third-order valence-corrected chi connectivity index (χ3v) is 6.35. The summed E-state index contributed by atoms with van der Waals surface area (Å²) in [6.07, 6.45) is 4.40. The lowest BCUT2D eigenvalue weighted by Crippen LogP contribution is -2.39. The molecule has 0 aromatic heterocycles. The summed E-state index contributed by atoms with van der Waals surface area (Å²) in [7, 11) is -3.35. The van der Waals surface area contributed by atoms with Crippen LogP contribution in [0.3, 0.4) is 0 Å². The van der Waals surface area contributed by atoms with Gasteiger partial charge < -0.3 is 5.73 Å². The zero-order chi connectivity index (χ0) is 13.4. The molecule has 1 aromatic carbocycles. The van der Waals surface area contributed by atoms with Gasteiger partial charge in [-0.2, -0.15) is 0 Å². The van der Waals surface area contributed by atoms with Crippen molar-refractivity contribution in [3.8, 4) is 0 Å². The summed E-state index contributed by atoms with van der Waals surface area (Å²) in [5.74, 6) is 0. The Bertz CT molecular complexity index is 547. The summed E-state index contributed by atoms with van der Waals surface area (Å²) in [5, 5.41) is 0. The molecule has 0 heterocycles. The Kier molecular flexibility index (Phi) is 3.52. The SMILES string of the molecule is CC(C)(CN)S(=O)(=O)c1ccc2c(c1)CCCC2. The van der Waals surface area contributed by atoms with E-state index in [2.05, 4.69) is 0 Å². The lowest BCUT2D eigenvalue weighted by Gasteiger charge is -2.24. The fraction of sp³-hybridized carbons (Fsp3) is 0.571. The molecule has 0 spiro atoms. The molecule has 1 aliphatic rings. The Morgan fingerprint density at radius 1 is 1.17 bits per heavy atom. The number of hydrogen-bond acceptors (Lipinski definition) is 3. The Morgan fingerprint density at radius 2 is 1.78 bits per heavy atom. The monoisotopic (exact) mass is 267 g/mol. The van der Waals surface area contributed by atoms with Gasteiger partial charge >= 0.3 is 0 Å². The van der Waals surface area contributed by atoms with E-state index in [1.54, 1.807) is 19.9 Å². The van der Waals surface area contributed by atoms with Crippen molar-refractivity contribution >= 4 is 9.84 Å². The first-order chi connectivity index (χ1) is 8.38. The van der Waals surface area contributed by atoms with E-state index in [-0.39, 0.29) is 6.54 Å². The van der Waals surface area contributed by atoms with Gasteiger partial charge in [-0.05, 0) is 62.8 Å². The number of rotatable bonds is 3. The average molecular weight is 267 g/mol. The van der Waals surface area contributed by atoms with E-state index >= 15 is 0 Å². The molecule has 0 unspecified atom stereocenters. The summed E-state index contributed by atoms with van der Waals surface area (Å²) >= 11 is 0. The van der Waals surface area contributed by atoms with E-state index in [0.29, 0.717) is 4.90 Å². The summed E-state index contributed by atoms with van der Waals surface area (Å²) in [6, 6.07) is 5.55.